The zero-order chi connectivity index (χ0) is 27.8. The Morgan fingerprint density at radius 2 is 1.85 bits per heavy atom. The number of nitrogens with zero attached hydrogens (tertiary/aromatic N) is 8. The lowest BCUT2D eigenvalue weighted by molar-refractivity contribution is -0.124. The van der Waals surface area contributed by atoms with Crippen molar-refractivity contribution in [3.63, 3.8) is 0 Å². The van der Waals surface area contributed by atoms with Crippen molar-refractivity contribution in [3.8, 4) is 0 Å². The van der Waals surface area contributed by atoms with Gasteiger partial charge in [0.25, 0.3) is 0 Å². The molecule has 1 saturated heterocycles. The number of urea groups is 1. The predicted molar refractivity (Wildman–Crippen MR) is 146 cm³/mol. The van der Waals surface area contributed by atoms with Gasteiger partial charge in [-0.3, -0.25) is 19.4 Å². The SMILES string of the molecule is CN1C(=O)CN(c2cc(C3CC3)cn3cc(Cc4cc(NC(=O)C5CC5)ncn4)nc23)C1=O.Cc1ccncn1. The third kappa shape index (κ3) is 5.51. The molecule has 3 aliphatic rings. The molecule has 1 aliphatic heterocycles. The summed E-state index contributed by atoms with van der Waals surface area (Å²) in [5, 5.41) is 2.85. The molecule has 0 aromatic carbocycles. The molecular weight excluding hydrogens is 510 g/mol. The fraction of sp³-hybridized carbons (Fsp3) is 0.357. The lowest BCUT2D eigenvalue weighted by Crippen LogP contribution is -2.30. The number of likely N-dealkylation sites (N-methyl/N-ethyl adjacent to an activating group) is 1. The first-order chi connectivity index (χ1) is 19.4. The number of nitrogens with one attached hydrogen (secondary N) is 1. The summed E-state index contributed by atoms with van der Waals surface area (Å²) in [6, 6.07) is 5.27. The predicted octanol–water partition coefficient (Wildman–Crippen LogP) is 3.12. The van der Waals surface area contributed by atoms with E-state index in [0.29, 0.717) is 29.5 Å². The molecule has 12 nitrogen and oxygen atoms in total. The van der Waals surface area contributed by atoms with E-state index >= 15 is 0 Å². The standard InChI is InChI=1S/C23H23N7O3.C5H6N2/c1-28-20(31)11-30(23(28)33)18-6-15(13-2-3-13)9-29-10-17(26-21(18)29)7-16-8-19(25-12-24-16)27-22(32)14-4-5-14;1-5-2-3-6-4-7-5/h6,8-10,12-14H,2-5,7,11H2,1H3,(H,24,25,27,32);2-4H,1H3. The van der Waals surface area contributed by atoms with Gasteiger partial charge in [0.15, 0.2) is 5.65 Å². The summed E-state index contributed by atoms with van der Waals surface area (Å²) in [4.78, 5) is 60.3. The summed E-state index contributed by atoms with van der Waals surface area (Å²) in [5.41, 5.74) is 4.93. The summed E-state index contributed by atoms with van der Waals surface area (Å²) in [6.07, 6.45) is 13.2. The van der Waals surface area contributed by atoms with Crippen LogP contribution in [0.15, 0.2) is 49.4 Å². The zero-order valence-corrected chi connectivity index (χ0v) is 22.3. The number of carbonyl (C=O) groups is 3. The van der Waals surface area contributed by atoms with Crippen LogP contribution in [0.1, 0.15) is 54.2 Å². The van der Waals surface area contributed by atoms with E-state index in [1.807, 2.05) is 29.7 Å². The van der Waals surface area contributed by atoms with Crippen LogP contribution in [0.5, 0.6) is 0 Å². The van der Waals surface area contributed by atoms with Gasteiger partial charge in [-0.15, -0.1) is 0 Å². The number of imidazole rings is 1. The zero-order valence-electron chi connectivity index (χ0n) is 22.3. The number of carbonyl (C=O) groups excluding carboxylic acids is 3. The van der Waals surface area contributed by atoms with Gasteiger partial charge >= 0.3 is 6.03 Å². The van der Waals surface area contributed by atoms with Crippen molar-refractivity contribution in [1.82, 2.24) is 34.2 Å². The van der Waals surface area contributed by atoms with E-state index in [9.17, 15) is 14.4 Å². The molecule has 4 aromatic rings. The number of anilines is 2. The fourth-order valence-corrected chi connectivity index (χ4v) is 4.54. The Morgan fingerprint density at radius 1 is 1.02 bits per heavy atom. The van der Waals surface area contributed by atoms with Crippen LogP contribution in [-0.2, 0) is 16.0 Å². The molecule has 3 fully saturated rings. The number of fused-ring (bicyclic) bond motifs is 1. The van der Waals surface area contributed by atoms with Crippen LogP contribution in [-0.4, -0.2) is 65.7 Å². The molecular formula is C28H29N9O3. The van der Waals surface area contributed by atoms with Crippen LogP contribution >= 0.6 is 0 Å². The van der Waals surface area contributed by atoms with Crippen LogP contribution in [0, 0.1) is 12.8 Å². The van der Waals surface area contributed by atoms with E-state index in [1.165, 1.54) is 24.6 Å². The van der Waals surface area contributed by atoms with Gasteiger partial charge in [-0.2, -0.15) is 0 Å². The van der Waals surface area contributed by atoms with Gasteiger partial charge in [-0.05, 0) is 56.2 Å². The third-order valence-corrected chi connectivity index (χ3v) is 7.14. The molecule has 0 spiro atoms. The number of aryl methyl sites for hydroxylation is 1. The minimum atomic E-state index is -0.341. The van der Waals surface area contributed by atoms with Crippen molar-refractivity contribution >= 4 is 35.0 Å². The average Bonchev–Trinajstić information content (AvgIpc) is 3.87. The Bertz CT molecular complexity index is 1600. The van der Waals surface area contributed by atoms with Crippen molar-refractivity contribution in [1.29, 1.82) is 0 Å². The molecule has 2 saturated carbocycles. The number of hydrogen-bond donors (Lipinski definition) is 1. The second-order valence-corrected chi connectivity index (χ2v) is 10.4. The van der Waals surface area contributed by atoms with Gasteiger partial charge in [-0.1, -0.05) is 0 Å². The van der Waals surface area contributed by atoms with Crippen LogP contribution in [0.3, 0.4) is 0 Å². The molecule has 0 atom stereocenters. The largest absolute Gasteiger partial charge is 0.331 e. The minimum absolute atomic E-state index is 0.000534. The van der Waals surface area contributed by atoms with Crippen molar-refractivity contribution in [2.45, 2.75) is 44.9 Å². The normalized spacial score (nSPS) is 16.8. The topological polar surface area (TPSA) is 139 Å². The van der Waals surface area contributed by atoms with Crippen LogP contribution in [0.4, 0.5) is 16.3 Å². The molecule has 0 unspecified atom stereocenters. The van der Waals surface area contributed by atoms with E-state index in [4.69, 9.17) is 4.98 Å². The van der Waals surface area contributed by atoms with E-state index in [1.54, 1.807) is 12.3 Å². The Kier molecular flexibility index (Phi) is 6.66. The number of amides is 4. The fourth-order valence-electron chi connectivity index (χ4n) is 4.54. The van der Waals surface area contributed by atoms with Gasteiger partial charge in [-0.25, -0.2) is 29.7 Å². The minimum Gasteiger partial charge on any atom is -0.310 e. The summed E-state index contributed by atoms with van der Waals surface area (Å²) in [5.74, 6) is 0.828. The summed E-state index contributed by atoms with van der Waals surface area (Å²) >= 11 is 0. The summed E-state index contributed by atoms with van der Waals surface area (Å²) in [7, 11) is 1.50. The maximum Gasteiger partial charge on any atom is 0.331 e. The molecule has 12 heteroatoms. The number of imide groups is 1. The highest BCUT2D eigenvalue weighted by atomic mass is 16.2. The maximum atomic E-state index is 12.7. The lowest BCUT2D eigenvalue weighted by Gasteiger charge is -2.17. The maximum absolute atomic E-state index is 12.7. The van der Waals surface area contributed by atoms with E-state index in [0.717, 1.165) is 53.2 Å². The Labute approximate surface area is 230 Å². The first-order valence-electron chi connectivity index (χ1n) is 13.3. The molecule has 4 amide bonds. The van der Waals surface area contributed by atoms with E-state index in [2.05, 4.69) is 31.4 Å². The van der Waals surface area contributed by atoms with Crippen molar-refractivity contribution in [2.75, 3.05) is 23.8 Å². The van der Waals surface area contributed by atoms with Gasteiger partial charge in [0.1, 0.15) is 25.0 Å². The summed E-state index contributed by atoms with van der Waals surface area (Å²) < 4.78 is 1.94. The number of rotatable bonds is 6. The van der Waals surface area contributed by atoms with Crippen molar-refractivity contribution < 1.29 is 14.4 Å². The first kappa shape index (κ1) is 25.5. The number of aromatic nitrogens is 6. The smallest absolute Gasteiger partial charge is 0.310 e. The third-order valence-electron chi connectivity index (χ3n) is 7.14. The highest BCUT2D eigenvalue weighted by Crippen LogP contribution is 2.42. The second-order valence-electron chi connectivity index (χ2n) is 10.4. The Balaban J connectivity index is 0.000000363. The van der Waals surface area contributed by atoms with Crippen molar-refractivity contribution in [3.05, 3.63) is 72.1 Å². The molecule has 4 aromatic heterocycles. The molecule has 0 bridgehead atoms. The Morgan fingerprint density at radius 3 is 2.48 bits per heavy atom. The van der Waals surface area contributed by atoms with Crippen molar-refractivity contribution in [2.24, 2.45) is 5.92 Å². The van der Waals surface area contributed by atoms with Crippen LogP contribution < -0.4 is 10.2 Å². The van der Waals surface area contributed by atoms with Gasteiger partial charge in [0, 0.05) is 49.7 Å². The molecule has 5 heterocycles. The molecule has 204 valence electrons. The molecule has 2 aliphatic carbocycles. The molecule has 7 rings (SSSR count). The average molecular weight is 540 g/mol. The van der Waals surface area contributed by atoms with Gasteiger partial charge in [0.2, 0.25) is 11.8 Å². The Hall–Kier alpha value is -4.74. The van der Waals surface area contributed by atoms with Crippen LogP contribution in [0.2, 0.25) is 0 Å². The number of pyridine rings is 1. The lowest BCUT2D eigenvalue weighted by atomic mass is 10.1. The van der Waals surface area contributed by atoms with E-state index < -0.39 is 0 Å². The quantitative estimate of drug-likeness (QED) is 0.369. The molecule has 40 heavy (non-hydrogen) atoms. The molecule has 0 radical (unpaired) electrons. The monoisotopic (exact) mass is 539 g/mol. The van der Waals surface area contributed by atoms with E-state index in [-0.39, 0.29) is 30.3 Å². The van der Waals surface area contributed by atoms with Gasteiger partial charge < -0.3 is 9.72 Å². The highest BCUT2D eigenvalue weighted by molar-refractivity contribution is 6.13. The van der Waals surface area contributed by atoms with Crippen LogP contribution in [0.25, 0.3) is 5.65 Å². The first-order valence-corrected chi connectivity index (χ1v) is 13.3. The second kappa shape index (κ2) is 10.4. The summed E-state index contributed by atoms with van der Waals surface area (Å²) in [6.45, 7) is 1.94. The molecule has 1 N–H and O–H groups in total. The van der Waals surface area contributed by atoms with Gasteiger partial charge in [0.05, 0.1) is 17.1 Å². The number of hydrogen-bond acceptors (Lipinski definition) is 8. The highest BCUT2D eigenvalue weighted by Gasteiger charge is 2.36.